The van der Waals surface area contributed by atoms with Gasteiger partial charge in [-0.25, -0.2) is 0 Å². The highest BCUT2D eigenvalue weighted by Crippen LogP contribution is 2.20. The lowest BCUT2D eigenvalue weighted by Gasteiger charge is -2.10. The van der Waals surface area contributed by atoms with Crippen LogP contribution in [-0.2, 0) is 6.54 Å². The van der Waals surface area contributed by atoms with Crippen LogP contribution in [0.15, 0.2) is 36.4 Å². The van der Waals surface area contributed by atoms with Crippen LogP contribution in [0.1, 0.15) is 11.1 Å². The van der Waals surface area contributed by atoms with Crippen molar-refractivity contribution >= 4 is 11.5 Å². The molecule has 2 rings (SSSR count). The molecule has 0 aliphatic heterocycles. The summed E-state index contributed by atoms with van der Waals surface area (Å²) in [5, 5.41) is 3.22. The van der Waals surface area contributed by atoms with Crippen LogP contribution >= 0.6 is 0 Å². The number of benzene rings is 1. The van der Waals surface area contributed by atoms with E-state index in [4.69, 9.17) is 10.5 Å². The van der Waals surface area contributed by atoms with Crippen LogP contribution < -0.4 is 15.8 Å². The number of nitrogens with one attached hydrogen (secondary N) is 1. The number of aryl methyl sites for hydroxylation is 1. The van der Waals surface area contributed by atoms with E-state index in [2.05, 4.69) is 35.4 Å². The van der Waals surface area contributed by atoms with Crippen molar-refractivity contribution in [3.8, 4) is 5.88 Å². The van der Waals surface area contributed by atoms with Gasteiger partial charge in [0.25, 0.3) is 0 Å². The molecule has 0 radical (unpaired) electrons. The first-order valence-electron chi connectivity index (χ1n) is 5.79. The van der Waals surface area contributed by atoms with E-state index in [1.807, 2.05) is 6.07 Å². The van der Waals surface area contributed by atoms with E-state index in [0.717, 1.165) is 0 Å². The Morgan fingerprint density at radius 1 is 1.28 bits per heavy atom. The van der Waals surface area contributed by atoms with Gasteiger partial charge in [0.15, 0.2) is 5.82 Å². The molecule has 0 saturated heterocycles. The minimum absolute atomic E-state index is 0.552. The Labute approximate surface area is 107 Å². The second-order valence-electron chi connectivity index (χ2n) is 4.13. The number of hydrogen-bond acceptors (Lipinski definition) is 4. The van der Waals surface area contributed by atoms with Crippen molar-refractivity contribution in [3.63, 3.8) is 0 Å². The Hall–Kier alpha value is -2.23. The van der Waals surface area contributed by atoms with Gasteiger partial charge >= 0.3 is 0 Å². The predicted molar refractivity (Wildman–Crippen MR) is 73.7 cm³/mol. The number of hydrogen-bond donors (Lipinski definition) is 2. The molecule has 3 N–H and O–H groups in total. The molecule has 94 valence electrons. The van der Waals surface area contributed by atoms with E-state index in [1.54, 1.807) is 19.2 Å². The third-order valence-electron chi connectivity index (χ3n) is 2.65. The summed E-state index contributed by atoms with van der Waals surface area (Å²) in [5.41, 5.74) is 8.90. The summed E-state index contributed by atoms with van der Waals surface area (Å²) in [6.07, 6.45) is 0. The zero-order valence-electron chi connectivity index (χ0n) is 10.6. The van der Waals surface area contributed by atoms with Crippen LogP contribution in [0.3, 0.4) is 0 Å². The van der Waals surface area contributed by atoms with Gasteiger partial charge in [-0.1, -0.05) is 29.8 Å². The first kappa shape index (κ1) is 12.2. The van der Waals surface area contributed by atoms with E-state index in [0.29, 0.717) is 23.9 Å². The van der Waals surface area contributed by atoms with E-state index in [9.17, 15) is 0 Å². The molecule has 1 aromatic heterocycles. The number of nitrogens with zero attached hydrogens (tertiary/aromatic N) is 1. The quantitative estimate of drug-likeness (QED) is 0.866. The number of ether oxygens (including phenoxy) is 1. The molecule has 0 amide bonds. The minimum atomic E-state index is 0.552. The van der Waals surface area contributed by atoms with Gasteiger partial charge in [0, 0.05) is 12.6 Å². The molecule has 0 atom stereocenters. The summed E-state index contributed by atoms with van der Waals surface area (Å²) in [4.78, 5) is 4.27. The molecule has 1 aromatic carbocycles. The third kappa shape index (κ3) is 2.91. The fourth-order valence-corrected chi connectivity index (χ4v) is 1.72. The van der Waals surface area contributed by atoms with Crippen LogP contribution in [0.2, 0.25) is 0 Å². The number of pyridine rings is 1. The van der Waals surface area contributed by atoms with Gasteiger partial charge in [-0.05, 0) is 18.6 Å². The summed E-state index contributed by atoms with van der Waals surface area (Å²) < 4.78 is 5.07. The highest BCUT2D eigenvalue weighted by molar-refractivity contribution is 5.62. The maximum absolute atomic E-state index is 5.86. The molecule has 0 saturated carbocycles. The average Bonchev–Trinajstić information content (AvgIpc) is 2.38. The average molecular weight is 243 g/mol. The van der Waals surface area contributed by atoms with Crippen molar-refractivity contribution in [3.05, 3.63) is 47.5 Å². The van der Waals surface area contributed by atoms with Crippen LogP contribution in [0.25, 0.3) is 0 Å². The number of aromatic nitrogens is 1. The second kappa shape index (κ2) is 5.40. The van der Waals surface area contributed by atoms with Crippen molar-refractivity contribution < 1.29 is 4.74 Å². The van der Waals surface area contributed by atoms with Crippen LogP contribution in [0, 0.1) is 6.92 Å². The summed E-state index contributed by atoms with van der Waals surface area (Å²) in [5.74, 6) is 1.20. The molecule has 0 aliphatic rings. The maximum atomic E-state index is 5.86. The summed E-state index contributed by atoms with van der Waals surface area (Å²) in [7, 11) is 1.59. The van der Waals surface area contributed by atoms with E-state index in [1.165, 1.54) is 11.1 Å². The molecule has 1 heterocycles. The largest absolute Gasteiger partial charge is 0.481 e. The van der Waals surface area contributed by atoms with Gasteiger partial charge in [-0.3, -0.25) is 0 Å². The van der Waals surface area contributed by atoms with Gasteiger partial charge < -0.3 is 15.8 Å². The number of nitrogens with two attached hydrogens (primary N) is 1. The number of anilines is 2. The Morgan fingerprint density at radius 3 is 2.83 bits per heavy atom. The Bertz CT molecular complexity index is 540. The van der Waals surface area contributed by atoms with Crippen molar-refractivity contribution in [1.82, 2.24) is 4.98 Å². The molecule has 18 heavy (non-hydrogen) atoms. The van der Waals surface area contributed by atoms with Gasteiger partial charge in [-0.15, -0.1) is 0 Å². The number of nitrogen functional groups attached to an aromatic ring is 1. The third-order valence-corrected chi connectivity index (χ3v) is 2.65. The van der Waals surface area contributed by atoms with Gasteiger partial charge in [0.05, 0.1) is 12.8 Å². The first-order valence-corrected chi connectivity index (χ1v) is 5.79. The first-order chi connectivity index (χ1) is 8.69. The van der Waals surface area contributed by atoms with Crippen LogP contribution in [0.5, 0.6) is 5.88 Å². The molecule has 0 spiro atoms. The summed E-state index contributed by atoms with van der Waals surface area (Å²) in [6, 6.07) is 11.8. The highest BCUT2D eigenvalue weighted by atomic mass is 16.5. The van der Waals surface area contributed by atoms with E-state index < -0.39 is 0 Å². The van der Waals surface area contributed by atoms with Crippen LogP contribution in [0.4, 0.5) is 11.5 Å². The number of methoxy groups -OCH3 is 1. The zero-order chi connectivity index (χ0) is 13.0. The van der Waals surface area contributed by atoms with Gasteiger partial charge in [0.1, 0.15) is 0 Å². The predicted octanol–water partition coefficient (Wildman–Crippen LogP) is 2.59. The molecule has 0 unspecified atom stereocenters. The molecule has 4 heteroatoms. The molecule has 4 nitrogen and oxygen atoms in total. The monoisotopic (exact) mass is 243 g/mol. The van der Waals surface area contributed by atoms with Crippen molar-refractivity contribution in [2.45, 2.75) is 13.5 Å². The van der Waals surface area contributed by atoms with E-state index >= 15 is 0 Å². The normalized spacial score (nSPS) is 10.1. The molecule has 2 aromatic rings. The maximum Gasteiger partial charge on any atom is 0.215 e. The lowest BCUT2D eigenvalue weighted by Crippen LogP contribution is -2.05. The zero-order valence-corrected chi connectivity index (χ0v) is 10.6. The molecule has 0 aliphatic carbocycles. The summed E-state index contributed by atoms with van der Waals surface area (Å²) >= 11 is 0. The van der Waals surface area contributed by atoms with Crippen molar-refractivity contribution in [2.75, 3.05) is 18.2 Å². The Kier molecular flexibility index (Phi) is 3.67. The molecule has 0 fully saturated rings. The smallest absolute Gasteiger partial charge is 0.215 e. The van der Waals surface area contributed by atoms with E-state index in [-0.39, 0.29) is 0 Å². The van der Waals surface area contributed by atoms with Crippen LogP contribution in [-0.4, -0.2) is 12.1 Å². The van der Waals surface area contributed by atoms with Gasteiger partial charge in [-0.2, -0.15) is 4.98 Å². The Balaban J connectivity index is 2.10. The SMILES string of the molecule is COc1ccc(N)c(NCc2cccc(C)c2)n1. The lowest BCUT2D eigenvalue weighted by atomic mass is 10.1. The minimum Gasteiger partial charge on any atom is -0.481 e. The second-order valence-corrected chi connectivity index (χ2v) is 4.13. The van der Waals surface area contributed by atoms with Gasteiger partial charge in [0.2, 0.25) is 5.88 Å². The molecular formula is C14H17N3O. The summed E-state index contributed by atoms with van der Waals surface area (Å²) in [6.45, 7) is 2.76. The highest BCUT2D eigenvalue weighted by Gasteiger charge is 2.03. The fourth-order valence-electron chi connectivity index (χ4n) is 1.72. The van der Waals surface area contributed by atoms with Crippen molar-refractivity contribution in [1.29, 1.82) is 0 Å². The molecule has 0 bridgehead atoms. The fraction of sp³-hybridized carbons (Fsp3) is 0.214. The number of rotatable bonds is 4. The Morgan fingerprint density at radius 2 is 2.11 bits per heavy atom. The standard InChI is InChI=1S/C14H17N3O/c1-10-4-3-5-11(8-10)9-16-14-12(15)6-7-13(17-14)18-2/h3-8H,9,15H2,1-2H3,(H,16,17). The lowest BCUT2D eigenvalue weighted by molar-refractivity contribution is 0.398. The molecular weight excluding hydrogens is 226 g/mol. The topological polar surface area (TPSA) is 60.2 Å². The van der Waals surface area contributed by atoms with Crippen molar-refractivity contribution in [2.24, 2.45) is 0 Å².